The van der Waals surface area contributed by atoms with E-state index in [1.807, 2.05) is 18.2 Å². The number of rotatable bonds is 7. The van der Waals surface area contributed by atoms with Gasteiger partial charge in [-0.2, -0.15) is 0 Å². The fourth-order valence-corrected chi connectivity index (χ4v) is 2.50. The molecule has 2 rings (SSSR count). The maximum atomic E-state index is 11.9. The van der Waals surface area contributed by atoms with Crippen LogP contribution in [0.5, 0.6) is 0 Å². The van der Waals surface area contributed by atoms with E-state index in [4.69, 9.17) is 0 Å². The van der Waals surface area contributed by atoms with Gasteiger partial charge >= 0.3 is 0 Å². The average molecular weight is 283 g/mol. The van der Waals surface area contributed by atoms with Crippen LogP contribution in [0.2, 0.25) is 0 Å². The van der Waals surface area contributed by atoms with Gasteiger partial charge in [0.25, 0.3) is 0 Å². The predicted molar refractivity (Wildman–Crippen MR) is 89.4 cm³/mol. The van der Waals surface area contributed by atoms with E-state index in [1.165, 1.54) is 23.6 Å². The third kappa shape index (κ3) is 5.22. The first-order chi connectivity index (χ1) is 10.1. The molecule has 0 aliphatic heterocycles. The van der Waals surface area contributed by atoms with Crippen molar-refractivity contribution in [3.05, 3.63) is 48.0 Å². The van der Waals surface area contributed by atoms with E-state index in [0.717, 1.165) is 24.4 Å². The first kappa shape index (κ1) is 15.6. The first-order valence-electron chi connectivity index (χ1n) is 7.89. The molecule has 0 radical (unpaired) electrons. The fourth-order valence-electron chi connectivity index (χ4n) is 2.50. The number of carbonyl (C=O) groups is 1. The molecule has 0 atom stereocenters. The van der Waals surface area contributed by atoms with Crippen molar-refractivity contribution in [1.82, 2.24) is 5.32 Å². The normalized spacial score (nSPS) is 11.0. The second kappa shape index (κ2) is 7.82. The zero-order valence-electron chi connectivity index (χ0n) is 13.1. The van der Waals surface area contributed by atoms with Crippen LogP contribution < -0.4 is 5.32 Å². The Morgan fingerprint density at radius 3 is 2.57 bits per heavy atom. The molecule has 0 aromatic heterocycles. The van der Waals surface area contributed by atoms with Gasteiger partial charge in [-0.15, -0.1) is 0 Å². The Morgan fingerprint density at radius 1 is 1.05 bits per heavy atom. The quantitative estimate of drug-likeness (QED) is 0.753. The van der Waals surface area contributed by atoms with Gasteiger partial charge in [0.2, 0.25) is 5.91 Å². The van der Waals surface area contributed by atoms with Crippen molar-refractivity contribution < 1.29 is 4.79 Å². The third-order valence-corrected chi connectivity index (χ3v) is 3.71. The molecule has 0 saturated carbocycles. The third-order valence-electron chi connectivity index (χ3n) is 3.71. The fraction of sp³-hybridized carbons (Fsp3) is 0.421. The maximum Gasteiger partial charge on any atom is 0.224 e. The number of nitrogens with one attached hydrogen (secondary N) is 1. The summed E-state index contributed by atoms with van der Waals surface area (Å²) >= 11 is 0. The smallest absolute Gasteiger partial charge is 0.224 e. The second-order valence-corrected chi connectivity index (χ2v) is 6.10. The van der Waals surface area contributed by atoms with Crippen molar-refractivity contribution in [3.8, 4) is 0 Å². The molecule has 2 aromatic carbocycles. The minimum atomic E-state index is 0.120. The van der Waals surface area contributed by atoms with Gasteiger partial charge in [0.15, 0.2) is 0 Å². The average Bonchev–Trinajstić information content (AvgIpc) is 2.46. The number of amides is 1. The second-order valence-electron chi connectivity index (χ2n) is 6.10. The molecule has 2 aromatic rings. The van der Waals surface area contributed by atoms with Gasteiger partial charge in [0.1, 0.15) is 0 Å². The topological polar surface area (TPSA) is 29.1 Å². The van der Waals surface area contributed by atoms with Crippen molar-refractivity contribution in [2.45, 2.75) is 39.5 Å². The lowest BCUT2D eigenvalue weighted by atomic mass is 10.0. The monoisotopic (exact) mass is 283 g/mol. The van der Waals surface area contributed by atoms with Crippen molar-refractivity contribution in [2.24, 2.45) is 5.92 Å². The standard InChI is InChI=1S/C19H25NO/c1-15(2)7-5-6-12-20-19(21)14-16-10-11-17-8-3-4-9-18(17)13-16/h3-4,8-11,13,15H,5-7,12,14H2,1-2H3,(H,20,21). The van der Waals surface area contributed by atoms with Crippen LogP contribution >= 0.6 is 0 Å². The SMILES string of the molecule is CC(C)CCCCNC(=O)Cc1ccc2ccccc2c1. The van der Waals surface area contributed by atoms with E-state index in [0.29, 0.717) is 6.42 Å². The summed E-state index contributed by atoms with van der Waals surface area (Å²) < 4.78 is 0. The number of hydrogen-bond acceptors (Lipinski definition) is 1. The Morgan fingerprint density at radius 2 is 1.81 bits per heavy atom. The Kier molecular flexibility index (Phi) is 5.79. The Balaban J connectivity index is 1.78. The highest BCUT2D eigenvalue weighted by atomic mass is 16.1. The summed E-state index contributed by atoms with van der Waals surface area (Å²) in [6.07, 6.45) is 3.96. The summed E-state index contributed by atoms with van der Waals surface area (Å²) in [6, 6.07) is 14.5. The highest BCUT2D eigenvalue weighted by molar-refractivity contribution is 5.85. The van der Waals surface area contributed by atoms with Gasteiger partial charge in [0.05, 0.1) is 6.42 Å². The van der Waals surface area contributed by atoms with E-state index in [2.05, 4.69) is 43.4 Å². The molecule has 0 saturated heterocycles. The lowest BCUT2D eigenvalue weighted by Crippen LogP contribution is -2.26. The highest BCUT2D eigenvalue weighted by Crippen LogP contribution is 2.15. The molecule has 21 heavy (non-hydrogen) atoms. The lowest BCUT2D eigenvalue weighted by molar-refractivity contribution is -0.120. The molecule has 1 N–H and O–H groups in total. The Bertz CT molecular complexity index is 589. The van der Waals surface area contributed by atoms with E-state index in [9.17, 15) is 4.79 Å². The molecule has 2 heteroatoms. The molecule has 1 amide bonds. The van der Waals surface area contributed by atoms with Crippen molar-refractivity contribution >= 4 is 16.7 Å². The zero-order chi connectivity index (χ0) is 15.1. The molecule has 0 heterocycles. The van der Waals surface area contributed by atoms with Gasteiger partial charge in [-0.25, -0.2) is 0 Å². The molecule has 0 aliphatic rings. The molecular weight excluding hydrogens is 258 g/mol. The van der Waals surface area contributed by atoms with Gasteiger partial charge in [0, 0.05) is 6.54 Å². The van der Waals surface area contributed by atoms with E-state index in [1.54, 1.807) is 0 Å². The maximum absolute atomic E-state index is 11.9. The van der Waals surface area contributed by atoms with Crippen molar-refractivity contribution in [1.29, 1.82) is 0 Å². The van der Waals surface area contributed by atoms with Crippen LogP contribution in [-0.4, -0.2) is 12.5 Å². The number of carbonyl (C=O) groups excluding carboxylic acids is 1. The summed E-state index contributed by atoms with van der Waals surface area (Å²) in [4.78, 5) is 11.9. The van der Waals surface area contributed by atoms with Crippen LogP contribution in [0.15, 0.2) is 42.5 Å². The molecular formula is C19H25NO. The largest absolute Gasteiger partial charge is 0.356 e. The minimum Gasteiger partial charge on any atom is -0.356 e. The molecule has 0 spiro atoms. The van der Waals surface area contributed by atoms with Gasteiger partial charge in [-0.05, 0) is 28.7 Å². The zero-order valence-corrected chi connectivity index (χ0v) is 13.1. The van der Waals surface area contributed by atoms with Crippen molar-refractivity contribution in [3.63, 3.8) is 0 Å². The molecule has 2 nitrogen and oxygen atoms in total. The van der Waals surface area contributed by atoms with Crippen LogP contribution in [0.4, 0.5) is 0 Å². The van der Waals surface area contributed by atoms with Gasteiger partial charge in [-0.1, -0.05) is 69.2 Å². The summed E-state index contributed by atoms with van der Waals surface area (Å²) in [6.45, 7) is 5.26. The summed E-state index contributed by atoms with van der Waals surface area (Å²) in [5.41, 5.74) is 1.08. The molecule has 0 unspecified atom stereocenters. The van der Waals surface area contributed by atoms with Crippen LogP contribution in [0.25, 0.3) is 10.8 Å². The minimum absolute atomic E-state index is 0.120. The van der Waals surface area contributed by atoms with Crippen molar-refractivity contribution in [2.75, 3.05) is 6.54 Å². The van der Waals surface area contributed by atoms with Crippen LogP contribution in [0.1, 0.15) is 38.7 Å². The molecule has 0 aliphatic carbocycles. The summed E-state index contributed by atoms with van der Waals surface area (Å²) in [7, 11) is 0. The number of unbranched alkanes of at least 4 members (excludes halogenated alkanes) is 1. The first-order valence-corrected chi connectivity index (χ1v) is 7.89. The molecule has 112 valence electrons. The lowest BCUT2D eigenvalue weighted by Gasteiger charge is -2.07. The highest BCUT2D eigenvalue weighted by Gasteiger charge is 2.04. The van der Waals surface area contributed by atoms with E-state index >= 15 is 0 Å². The Labute approximate surface area is 127 Å². The molecule has 0 fully saturated rings. The number of fused-ring (bicyclic) bond motifs is 1. The van der Waals surface area contributed by atoms with Crippen LogP contribution in [0, 0.1) is 5.92 Å². The Hall–Kier alpha value is -1.83. The number of benzene rings is 2. The summed E-state index contributed by atoms with van der Waals surface area (Å²) in [5.74, 6) is 0.869. The van der Waals surface area contributed by atoms with Gasteiger partial charge < -0.3 is 5.32 Å². The van der Waals surface area contributed by atoms with Crippen LogP contribution in [0.3, 0.4) is 0 Å². The van der Waals surface area contributed by atoms with E-state index in [-0.39, 0.29) is 5.91 Å². The molecule has 0 bridgehead atoms. The predicted octanol–water partition coefficient (Wildman–Crippen LogP) is 4.32. The van der Waals surface area contributed by atoms with E-state index < -0.39 is 0 Å². The number of hydrogen-bond donors (Lipinski definition) is 1. The van der Waals surface area contributed by atoms with Gasteiger partial charge in [-0.3, -0.25) is 4.79 Å². The van der Waals surface area contributed by atoms with Crippen LogP contribution in [-0.2, 0) is 11.2 Å². The summed E-state index contributed by atoms with van der Waals surface area (Å²) in [5, 5.41) is 5.43.